The summed E-state index contributed by atoms with van der Waals surface area (Å²) in [5, 5.41) is 33.8. The molecule has 1 rings (SSSR count). The maximum absolute atomic E-state index is 12.5. The van der Waals surface area contributed by atoms with E-state index >= 15 is 0 Å². The van der Waals surface area contributed by atoms with E-state index in [4.69, 9.17) is 11.5 Å². The summed E-state index contributed by atoms with van der Waals surface area (Å²) in [6, 6.07) is 2.67. The Morgan fingerprint density at radius 3 is 2.13 bits per heavy atom. The largest absolute Gasteiger partial charge is 0.508 e. The number of amides is 4. The van der Waals surface area contributed by atoms with Crippen LogP contribution in [0.2, 0.25) is 0 Å². The number of rotatable bonds is 22. The fourth-order valence-electron chi connectivity index (χ4n) is 3.63. The Hall–Kier alpha value is -3.42. The van der Waals surface area contributed by atoms with E-state index in [0.717, 1.165) is 51.4 Å². The van der Waals surface area contributed by atoms with Crippen molar-refractivity contribution in [2.45, 2.75) is 57.4 Å². The highest BCUT2D eigenvalue weighted by molar-refractivity contribution is 5.92. The molecule has 0 aliphatic rings. The zero-order chi connectivity index (χ0) is 28.9. The lowest BCUT2D eigenvalue weighted by molar-refractivity contribution is -0.131. The lowest BCUT2D eigenvalue weighted by Gasteiger charge is -2.17. The topological polar surface area (TPSA) is 221 Å². The lowest BCUT2D eigenvalue weighted by atomic mass is 10.1. The van der Waals surface area contributed by atoms with Crippen LogP contribution in [-0.2, 0) is 25.6 Å². The molecule has 1 atom stereocenters. The molecular formula is C26H45N7O6. The molecule has 0 bridgehead atoms. The van der Waals surface area contributed by atoms with Gasteiger partial charge in [-0.2, -0.15) is 0 Å². The monoisotopic (exact) mass is 551 g/mol. The molecule has 0 aliphatic heterocycles. The normalized spacial score (nSPS) is 11.5. The molecule has 1 aromatic carbocycles. The summed E-state index contributed by atoms with van der Waals surface area (Å²) < 4.78 is 0. The molecule has 0 aromatic heterocycles. The van der Waals surface area contributed by atoms with Crippen LogP contribution in [-0.4, -0.2) is 85.7 Å². The molecule has 0 saturated heterocycles. The molecule has 0 heterocycles. The van der Waals surface area contributed by atoms with Gasteiger partial charge in [0.15, 0.2) is 0 Å². The first-order valence-corrected chi connectivity index (χ1v) is 13.5. The number of aromatic hydroxyl groups is 2. The van der Waals surface area contributed by atoms with Crippen LogP contribution < -0.4 is 38.1 Å². The smallest absolute Gasteiger partial charge is 0.243 e. The Morgan fingerprint density at radius 2 is 1.46 bits per heavy atom. The Bertz CT molecular complexity index is 900. The van der Waals surface area contributed by atoms with Gasteiger partial charge in [-0.15, -0.1) is 0 Å². The molecule has 0 aliphatic carbocycles. The minimum Gasteiger partial charge on any atom is -0.508 e. The number of nitrogens with two attached hydrogens (primary N) is 2. The van der Waals surface area contributed by atoms with Gasteiger partial charge in [-0.05, 0) is 64.3 Å². The Morgan fingerprint density at radius 1 is 0.795 bits per heavy atom. The van der Waals surface area contributed by atoms with Gasteiger partial charge in [-0.25, -0.2) is 0 Å². The SMILES string of the molecule is NCCCNCCCNCCC(=O)NCCCCCNC(=O)C(CC(N)=O)NC(=O)Cc1ccc(O)cc1O. The van der Waals surface area contributed by atoms with E-state index in [2.05, 4.69) is 26.6 Å². The van der Waals surface area contributed by atoms with Crippen LogP contribution in [0.25, 0.3) is 0 Å². The molecule has 13 nitrogen and oxygen atoms in total. The first kappa shape index (κ1) is 33.6. The van der Waals surface area contributed by atoms with E-state index in [1.165, 1.54) is 12.1 Å². The molecule has 1 unspecified atom stereocenters. The van der Waals surface area contributed by atoms with Gasteiger partial charge in [0, 0.05) is 37.7 Å². The lowest BCUT2D eigenvalue weighted by Crippen LogP contribution is -2.49. The van der Waals surface area contributed by atoms with Crippen LogP contribution in [0.15, 0.2) is 18.2 Å². The molecule has 220 valence electrons. The van der Waals surface area contributed by atoms with E-state index in [0.29, 0.717) is 39.0 Å². The third-order valence-electron chi connectivity index (χ3n) is 5.75. The molecule has 0 spiro atoms. The third kappa shape index (κ3) is 16.9. The van der Waals surface area contributed by atoms with E-state index in [1.807, 2.05) is 0 Å². The first-order chi connectivity index (χ1) is 18.7. The molecule has 4 amide bonds. The highest BCUT2D eigenvalue weighted by Gasteiger charge is 2.23. The van der Waals surface area contributed by atoms with Crippen LogP contribution in [0.3, 0.4) is 0 Å². The Balaban J connectivity index is 2.17. The van der Waals surface area contributed by atoms with E-state index in [-0.39, 0.29) is 35.8 Å². The Kier molecular flexibility index (Phi) is 17.7. The Labute approximate surface area is 229 Å². The van der Waals surface area contributed by atoms with Gasteiger partial charge in [-0.3, -0.25) is 19.2 Å². The van der Waals surface area contributed by atoms with Crippen LogP contribution in [0.1, 0.15) is 50.5 Å². The molecule has 0 radical (unpaired) electrons. The van der Waals surface area contributed by atoms with Gasteiger partial charge in [0.05, 0.1) is 12.8 Å². The maximum Gasteiger partial charge on any atom is 0.243 e. The average Bonchev–Trinajstić information content (AvgIpc) is 2.88. The zero-order valence-electron chi connectivity index (χ0n) is 22.6. The predicted molar refractivity (Wildman–Crippen MR) is 148 cm³/mol. The summed E-state index contributed by atoms with van der Waals surface area (Å²) in [7, 11) is 0. The van der Waals surface area contributed by atoms with Crippen LogP contribution in [0.4, 0.5) is 0 Å². The number of hydrogen-bond acceptors (Lipinski definition) is 9. The summed E-state index contributed by atoms with van der Waals surface area (Å²) >= 11 is 0. The fourth-order valence-corrected chi connectivity index (χ4v) is 3.63. The quantitative estimate of drug-likeness (QED) is 0.0781. The van der Waals surface area contributed by atoms with E-state index in [1.54, 1.807) is 0 Å². The number of carbonyl (C=O) groups excluding carboxylic acids is 4. The fraction of sp³-hybridized carbons (Fsp3) is 0.615. The van der Waals surface area contributed by atoms with Crippen molar-refractivity contribution in [3.63, 3.8) is 0 Å². The van der Waals surface area contributed by atoms with Crippen molar-refractivity contribution in [3.05, 3.63) is 23.8 Å². The van der Waals surface area contributed by atoms with Gasteiger partial charge in [0.25, 0.3) is 0 Å². The third-order valence-corrected chi connectivity index (χ3v) is 5.75. The number of hydrogen-bond donors (Lipinski definition) is 9. The highest BCUT2D eigenvalue weighted by Crippen LogP contribution is 2.22. The highest BCUT2D eigenvalue weighted by atomic mass is 16.3. The first-order valence-electron chi connectivity index (χ1n) is 13.5. The minimum atomic E-state index is -1.14. The molecule has 39 heavy (non-hydrogen) atoms. The number of nitrogens with one attached hydrogen (secondary N) is 5. The molecule has 0 saturated carbocycles. The summed E-state index contributed by atoms with van der Waals surface area (Å²) in [6.45, 7) is 4.89. The van der Waals surface area contributed by atoms with Crippen molar-refractivity contribution < 1.29 is 29.4 Å². The van der Waals surface area contributed by atoms with Gasteiger partial charge in [-0.1, -0.05) is 6.07 Å². The second-order valence-electron chi connectivity index (χ2n) is 9.23. The molecule has 0 fully saturated rings. The van der Waals surface area contributed by atoms with Crippen molar-refractivity contribution in [2.75, 3.05) is 45.8 Å². The number of carbonyl (C=O) groups is 4. The number of benzene rings is 1. The van der Waals surface area contributed by atoms with Crippen molar-refractivity contribution in [2.24, 2.45) is 11.5 Å². The molecular weight excluding hydrogens is 506 g/mol. The zero-order valence-corrected chi connectivity index (χ0v) is 22.6. The van der Waals surface area contributed by atoms with Gasteiger partial charge in [0.1, 0.15) is 17.5 Å². The molecule has 1 aromatic rings. The van der Waals surface area contributed by atoms with Gasteiger partial charge >= 0.3 is 0 Å². The number of phenols is 2. The summed E-state index contributed by atoms with van der Waals surface area (Å²) in [5.41, 5.74) is 10.9. The molecule has 13 heteroatoms. The number of primary amides is 1. The van der Waals surface area contributed by atoms with Crippen LogP contribution in [0.5, 0.6) is 11.5 Å². The van der Waals surface area contributed by atoms with E-state index < -0.39 is 23.8 Å². The maximum atomic E-state index is 12.5. The van der Waals surface area contributed by atoms with Crippen LogP contribution in [0, 0.1) is 0 Å². The summed E-state index contributed by atoms with van der Waals surface area (Å²) in [6.07, 6.45) is 3.93. The second kappa shape index (κ2) is 20.5. The second-order valence-corrected chi connectivity index (χ2v) is 9.23. The summed E-state index contributed by atoms with van der Waals surface area (Å²) in [5.74, 6) is -2.28. The standard InChI is InChI=1S/C26H45N7O6/c27-9-4-10-29-11-5-12-30-15-8-24(37)31-13-2-1-3-14-32-26(39)21(18-23(28)36)33-25(38)16-19-6-7-20(34)17-22(19)35/h6-7,17,21,29-30,34-35H,1-5,8-16,18,27H2,(H2,28,36)(H,31,37)(H,32,39)(H,33,38). The van der Waals surface area contributed by atoms with Crippen molar-refractivity contribution in [3.8, 4) is 11.5 Å². The number of phenolic OH excluding ortho intramolecular Hbond substituents is 2. The van der Waals surface area contributed by atoms with Crippen LogP contribution >= 0.6 is 0 Å². The number of unbranched alkanes of at least 4 members (excludes halogenated alkanes) is 2. The summed E-state index contributed by atoms with van der Waals surface area (Å²) in [4.78, 5) is 48.1. The predicted octanol–water partition coefficient (Wildman–Crippen LogP) is -1.29. The van der Waals surface area contributed by atoms with Gasteiger partial charge < -0.3 is 48.3 Å². The van der Waals surface area contributed by atoms with Crippen molar-refractivity contribution >= 4 is 23.6 Å². The average molecular weight is 552 g/mol. The minimum absolute atomic E-state index is 0.0115. The van der Waals surface area contributed by atoms with E-state index in [9.17, 15) is 29.4 Å². The van der Waals surface area contributed by atoms with Crippen molar-refractivity contribution in [1.82, 2.24) is 26.6 Å². The van der Waals surface area contributed by atoms with Crippen molar-refractivity contribution in [1.29, 1.82) is 0 Å². The molecule has 11 N–H and O–H groups in total. The van der Waals surface area contributed by atoms with Gasteiger partial charge in [0.2, 0.25) is 23.6 Å².